The summed E-state index contributed by atoms with van der Waals surface area (Å²) in [6, 6.07) is 17.6. The summed E-state index contributed by atoms with van der Waals surface area (Å²) in [4.78, 5) is 22.2. The van der Waals surface area contributed by atoms with Gasteiger partial charge in [0.1, 0.15) is 11.5 Å². The van der Waals surface area contributed by atoms with Gasteiger partial charge in [0, 0.05) is 5.56 Å². The predicted octanol–water partition coefficient (Wildman–Crippen LogP) is 6.01. The van der Waals surface area contributed by atoms with Gasteiger partial charge in [-0.2, -0.15) is 0 Å². The van der Waals surface area contributed by atoms with Crippen LogP contribution in [0.1, 0.15) is 28.1 Å². The number of amides is 1. The fourth-order valence-electron chi connectivity index (χ4n) is 4.09. The van der Waals surface area contributed by atoms with Crippen molar-refractivity contribution in [1.29, 1.82) is 0 Å². The molecule has 1 heterocycles. The summed E-state index contributed by atoms with van der Waals surface area (Å²) < 4.78 is 40.5. The highest BCUT2D eigenvalue weighted by Gasteiger charge is 2.22. The van der Waals surface area contributed by atoms with E-state index < -0.39 is 17.5 Å². The zero-order valence-corrected chi connectivity index (χ0v) is 18.6. The molecule has 4 nitrogen and oxygen atoms in total. The Hall–Kier alpha value is -4.26. The van der Waals surface area contributed by atoms with Crippen molar-refractivity contribution >= 4 is 23.9 Å². The molecule has 1 N–H and O–H groups in total. The molecule has 0 radical (unpaired) electrons. The molecular weight excluding hydrogens is 451 g/mol. The number of hydrogen-bond acceptors (Lipinski definition) is 3. The number of aromatic nitrogens is 2. The highest BCUT2D eigenvalue weighted by Crippen LogP contribution is 2.33. The van der Waals surface area contributed by atoms with Crippen molar-refractivity contribution in [2.45, 2.75) is 19.3 Å². The number of carbonyl (C=O) groups excluding carboxylic acids is 1. The molecule has 5 rings (SSSR count). The van der Waals surface area contributed by atoms with Gasteiger partial charge in [-0.05, 0) is 65.9 Å². The number of halogens is 3. The molecule has 1 aliphatic rings. The fourth-order valence-corrected chi connectivity index (χ4v) is 4.09. The first-order valence-electron chi connectivity index (χ1n) is 11.1. The number of carbonyl (C=O) groups is 1. The van der Waals surface area contributed by atoms with Gasteiger partial charge in [0.05, 0.1) is 17.8 Å². The quantitative estimate of drug-likeness (QED) is 0.388. The lowest BCUT2D eigenvalue weighted by Gasteiger charge is -2.20. The van der Waals surface area contributed by atoms with Crippen molar-refractivity contribution in [3.05, 3.63) is 112 Å². The van der Waals surface area contributed by atoms with Crippen molar-refractivity contribution in [1.82, 2.24) is 9.97 Å². The number of fused-ring (bicyclic) bond motifs is 3. The molecule has 0 atom stereocenters. The molecule has 174 valence electrons. The summed E-state index contributed by atoms with van der Waals surface area (Å²) in [5, 5.41) is 2.77. The first kappa shape index (κ1) is 22.5. The first-order valence-corrected chi connectivity index (χ1v) is 11.1. The summed E-state index contributed by atoms with van der Waals surface area (Å²) in [6.07, 6.45) is 4.62. The van der Waals surface area contributed by atoms with Gasteiger partial charge in [-0.3, -0.25) is 4.79 Å². The van der Waals surface area contributed by atoms with E-state index in [4.69, 9.17) is 4.98 Å². The SMILES string of the molecule is O=C(Cc1ccc(F)c(F)c1)Nc1nc2c(nc1/C=C/c1ccccc1)-c1ccc(F)cc1CC2. The standard InChI is InChI=1S/C28H20F3N3O/c29-20-9-10-21-19(16-20)8-13-24-27(21)32-25(12-7-17-4-2-1-3-5-17)28(33-24)34-26(35)15-18-6-11-22(30)23(31)14-18/h1-7,9-12,14,16H,8,13,15H2,(H,33,34,35)/b12-7+. The van der Waals surface area contributed by atoms with Crippen molar-refractivity contribution in [3.8, 4) is 11.3 Å². The molecule has 0 spiro atoms. The topological polar surface area (TPSA) is 54.9 Å². The Balaban J connectivity index is 1.50. The third-order valence-electron chi connectivity index (χ3n) is 5.79. The molecule has 0 fully saturated rings. The second-order valence-electron chi connectivity index (χ2n) is 8.27. The van der Waals surface area contributed by atoms with Gasteiger partial charge in [0.25, 0.3) is 0 Å². The van der Waals surface area contributed by atoms with Crippen molar-refractivity contribution < 1.29 is 18.0 Å². The maximum atomic E-state index is 13.8. The molecule has 1 aromatic heterocycles. The van der Waals surface area contributed by atoms with Crippen LogP contribution in [0.5, 0.6) is 0 Å². The van der Waals surface area contributed by atoms with Crippen LogP contribution in [0.3, 0.4) is 0 Å². The number of aryl methyl sites for hydroxylation is 2. The summed E-state index contributed by atoms with van der Waals surface area (Å²) in [7, 11) is 0. The van der Waals surface area contributed by atoms with E-state index in [9.17, 15) is 18.0 Å². The van der Waals surface area contributed by atoms with Crippen LogP contribution in [0.25, 0.3) is 23.4 Å². The largest absolute Gasteiger partial charge is 0.309 e. The van der Waals surface area contributed by atoms with Crippen molar-refractivity contribution in [3.63, 3.8) is 0 Å². The van der Waals surface area contributed by atoms with Crippen LogP contribution in [0, 0.1) is 17.5 Å². The van der Waals surface area contributed by atoms with E-state index in [0.717, 1.165) is 28.8 Å². The van der Waals surface area contributed by atoms with Gasteiger partial charge in [-0.15, -0.1) is 0 Å². The normalized spacial score (nSPS) is 12.3. The average Bonchev–Trinajstić information content (AvgIpc) is 2.85. The van der Waals surface area contributed by atoms with E-state index in [1.165, 1.54) is 18.2 Å². The minimum Gasteiger partial charge on any atom is -0.309 e. The lowest BCUT2D eigenvalue weighted by atomic mass is 9.91. The predicted molar refractivity (Wildman–Crippen MR) is 129 cm³/mol. The Labute approximate surface area is 200 Å². The molecule has 3 aromatic carbocycles. The third-order valence-corrected chi connectivity index (χ3v) is 5.79. The lowest BCUT2D eigenvalue weighted by molar-refractivity contribution is -0.115. The van der Waals surface area contributed by atoms with Gasteiger partial charge >= 0.3 is 0 Å². The second kappa shape index (κ2) is 9.54. The minimum absolute atomic E-state index is 0.153. The molecule has 0 saturated heterocycles. The summed E-state index contributed by atoms with van der Waals surface area (Å²) in [6.45, 7) is 0. The Kier molecular flexibility index (Phi) is 6.14. The summed E-state index contributed by atoms with van der Waals surface area (Å²) >= 11 is 0. The first-order chi connectivity index (χ1) is 17.0. The van der Waals surface area contributed by atoms with Crippen LogP contribution >= 0.6 is 0 Å². The Morgan fingerprint density at radius 2 is 1.71 bits per heavy atom. The van der Waals surface area contributed by atoms with Crippen LogP contribution in [-0.4, -0.2) is 15.9 Å². The molecule has 0 bridgehead atoms. The van der Waals surface area contributed by atoms with Gasteiger partial charge in [-0.1, -0.05) is 42.5 Å². The number of rotatable bonds is 5. The van der Waals surface area contributed by atoms with E-state index in [1.807, 2.05) is 36.4 Å². The number of hydrogen-bond donors (Lipinski definition) is 1. The van der Waals surface area contributed by atoms with Crippen LogP contribution in [-0.2, 0) is 24.1 Å². The average molecular weight is 471 g/mol. The molecular formula is C28H20F3N3O. The zero-order chi connectivity index (χ0) is 24.4. The molecule has 7 heteroatoms. The second-order valence-corrected chi connectivity index (χ2v) is 8.27. The van der Waals surface area contributed by atoms with E-state index in [1.54, 1.807) is 12.1 Å². The molecule has 0 saturated carbocycles. The number of benzene rings is 3. The van der Waals surface area contributed by atoms with Gasteiger partial charge in [-0.25, -0.2) is 23.1 Å². The zero-order valence-electron chi connectivity index (χ0n) is 18.6. The lowest BCUT2D eigenvalue weighted by Crippen LogP contribution is -2.19. The molecule has 35 heavy (non-hydrogen) atoms. The molecule has 0 unspecified atom stereocenters. The molecule has 1 amide bonds. The molecule has 4 aromatic rings. The molecule has 1 aliphatic carbocycles. The van der Waals surface area contributed by atoms with Crippen LogP contribution in [0.15, 0.2) is 66.7 Å². The van der Waals surface area contributed by atoms with Gasteiger partial charge in [0.15, 0.2) is 17.5 Å². The van der Waals surface area contributed by atoms with Crippen LogP contribution in [0.2, 0.25) is 0 Å². The summed E-state index contributed by atoms with van der Waals surface area (Å²) in [5.74, 6) is -2.44. The fraction of sp³-hybridized carbons (Fsp3) is 0.107. The number of anilines is 1. The number of nitrogens with one attached hydrogen (secondary N) is 1. The van der Waals surface area contributed by atoms with Gasteiger partial charge in [0.2, 0.25) is 5.91 Å². The van der Waals surface area contributed by atoms with Gasteiger partial charge < -0.3 is 5.32 Å². The maximum Gasteiger partial charge on any atom is 0.230 e. The van der Waals surface area contributed by atoms with Crippen molar-refractivity contribution in [2.75, 3.05) is 5.32 Å². The van der Waals surface area contributed by atoms with E-state index in [0.29, 0.717) is 35.5 Å². The smallest absolute Gasteiger partial charge is 0.230 e. The minimum atomic E-state index is -1.01. The van der Waals surface area contributed by atoms with E-state index >= 15 is 0 Å². The van der Waals surface area contributed by atoms with Crippen LogP contribution in [0.4, 0.5) is 19.0 Å². The Bertz CT molecular complexity index is 1450. The monoisotopic (exact) mass is 471 g/mol. The highest BCUT2D eigenvalue weighted by atomic mass is 19.2. The van der Waals surface area contributed by atoms with E-state index in [-0.39, 0.29) is 18.1 Å². The molecule has 0 aliphatic heterocycles. The number of nitrogens with zero attached hydrogens (tertiary/aromatic N) is 2. The van der Waals surface area contributed by atoms with E-state index in [2.05, 4.69) is 10.3 Å². The van der Waals surface area contributed by atoms with Crippen molar-refractivity contribution in [2.24, 2.45) is 0 Å². The maximum absolute atomic E-state index is 13.8. The highest BCUT2D eigenvalue weighted by molar-refractivity contribution is 5.93. The Morgan fingerprint density at radius 1 is 0.886 bits per heavy atom. The third kappa shape index (κ3) is 4.99. The van der Waals surface area contributed by atoms with Crippen LogP contribution < -0.4 is 5.32 Å². The Morgan fingerprint density at radius 3 is 2.51 bits per heavy atom. The summed E-state index contributed by atoms with van der Waals surface area (Å²) in [5.41, 5.74) is 4.73.